The van der Waals surface area contributed by atoms with Crippen molar-refractivity contribution in [3.63, 3.8) is 0 Å². The molecule has 0 bridgehead atoms. The molecule has 2 heterocycles. The summed E-state index contributed by atoms with van der Waals surface area (Å²) in [6.07, 6.45) is 1.73. The highest BCUT2D eigenvalue weighted by Gasteiger charge is 2.27. The van der Waals surface area contributed by atoms with Crippen LogP contribution in [0.25, 0.3) is 5.69 Å². The molecule has 0 spiro atoms. The third-order valence-corrected chi connectivity index (χ3v) is 4.88. The van der Waals surface area contributed by atoms with Crippen molar-refractivity contribution in [3.05, 3.63) is 58.0 Å². The highest BCUT2D eigenvalue weighted by atomic mass is 35.5. The van der Waals surface area contributed by atoms with Crippen LogP contribution in [0.4, 0.5) is 0 Å². The normalized spacial score (nSPS) is 16.0. The van der Waals surface area contributed by atoms with Gasteiger partial charge in [-0.2, -0.15) is 5.10 Å². The predicted molar refractivity (Wildman–Crippen MR) is 104 cm³/mol. The number of nitrogens with zero attached hydrogens (tertiary/aromatic N) is 3. The maximum atomic E-state index is 12.8. The van der Waals surface area contributed by atoms with Gasteiger partial charge in [-0.25, -0.2) is 4.68 Å². The summed E-state index contributed by atoms with van der Waals surface area (Å²) in [5.41, 5.74) is 7.13. The Hall–Kier alpha value is -2.18. The summed E-state index contributed by atoms with van der Waals surface area (Å²) in [6.45, 7) is 5.04. The number of nitrogens with two attached hydrogens (primary N) is 1. The van der Waals surface area contributed by atoms with Gasteiger partial charge in [-0.05, 0) is 44.7 Å². The summed E-state index contributed by atoms with van der Waals surface area (Å²) in [4.78, 5) is 26.9. The van der Waals surface area contributed by atoms with E-state index in [2.05, 4.69) is 5.10 Å². The Bertz CT molecular complexity index is 812. The van der Waals surface area contributed by atoms with E-state index in [0.29, 0.717) is 24.7 Å². The number of benzene rings is 1. The fraction of sp³-hybridized carbons (Fsp3) is 0.421. The number of aryl methyl sites for hydroxylation is 1. The first-order chi connectivity index (χ1) is 12.0. The largest absolute Gasteiger partial charge is 0.337 e. The van der Waals surface area contributed by atoms with Gasteiger partial charge in [0.2, 0.25) is 5.43 Å². The lowest BCUT2D eigenvalue weighted by molar-refractivity contribution is 0.0671. The van der Waals surface area contributed by atoms with Crippen LogP contribution in [0.15, 0.2) is 41.2 Å². The Kier molecular flexibility index (Phi) is 6.56. The highest BCUT2D eigenvalue weighted by Crippen LogP contribution is 2.20. The van der Waals surface area contributed by atoms with Crippen LogP contribution in [0.2, 0.25) is 0 Å². The Balaban J connectivity index is 0.00000243. The van der Waals surface area contributed by atoms with Crippen LogP contribution in [0, 0.1) is 12.8 Å². The number of aromatic nitrogens is 2. The van der Waals surface area contributed by atoms with Crippen LogP contribution < -0.4 is 11.2 Å². The minimum absolute atomic E-state index is 0. The molecular formula is C19H25ClN4O2. The van der Waals surface area contributed by atoms with Crippen LogP contribution >= 0.6 is 12.4 Å². The second-order valence-electron chi connectivity index (χ2n) is 6.73. The van der Waals surface area contributed by atoms with Crippen molar-refractivity contribution in [2.75, 3.05) is 13.1 Å². The van der Waals surface area contributed by atoms with Gasteiger partial charge in [0.05, 0.1) is 5.69 Å². The Morgan fingerprint density at radius 1 is 1.23 bits per heavy atom. The number of hydrogen-bond donors (Lipinski definition) is 1. The molecule has 1 atom stereocenters. The molecule has 1 aliphatic heterocycles. The van der Waals surface area contributed by atoms with Crippen LogP contribution in [0.5, 0.6) is 0 Å². The monoisotopic (exact) mass is 376 g/mol. The minimum Gasteiger partial charge on any atom is -0.337 e. The number of piperidine rings is 1. The van der Waals surface area contributed by atoms with E-state index in [1.54, 1.807) is 9.58 Å². The SMILES string of the molecule is Cc1cc(=O)c(C(=O)N2CCC(C(C)N)CC2)nn1-c1ccccc1.Cl. The molecule has 3 rings (SSSR count). The lowest BCUT2D eigenvalue weighted by atomic mass is 9.91. The molecule has 0 aliphatic carbocycles. The average molecular weight is 377 g/mol. The van der Waals surface area contributed by atoms with E-state index in [1.165, 1.54) is 6.07 Å². The first-order valence-corrected chi connectivity index (χ1v) is 8.68. The molecule has 1 fully saturated rings. The minimum atomic E-state index is -0.330. The van der Waals surface area contributed by atoms with Gasteiger partial charge in [0.15, 0.2) is 5.69 Å². The van der Waals surface area contributed by atoms with Gasteiger partial charge in [0.1, 0.15) is 0 Å². The molecule has 1 amide bonds. The third kappa shape index (κ3) is 4.14. The van der Waals surface area contributed by atoms with E-state index in [0.717, 1.165) is 18.5 Å². The number of halogens is 1. The zero-order chi connectivity index (χ0) is 18.0. The van der Waals surface area contributed by atoms with E-state index in [1.807, 2.05) is 44.2 Å². The van der Waals surface area contributed by atoms with Gasteiger partial charge >= 0.3 is 0 Å². The van der Waals surface area contributed by atoms with Crippen molar-refractivity contribution in [1.82, 2.24) is 14.7 Å². The summed E-state index contributed by atoms with van der Waals surface area (Å²) < 4.78 is 1.64. The van der Waals surface area contributed by atoms with E-state index >= 15 is 0 Å². The molecule has 140 valence electrons. The van der Waals surface area contributed by atoms with Crippen LogP contribution in [-0.4, -0.2) is 39.7 Å². The first-order valence-electron chi connectivity index (χ1n) is 8.68. The fourth-order valence-electron chi connectivity index (χ4n) is 3.30. The van der Waals surface area contributed by atoms with Crippen molar-refractivity contribution in [1.29, 1.82) is 0 Å². The first kappa shape index (κ1) is 20.1. The van der Waals surface area contributed by atoms with Gasteiger partial charge < -0.3 is 10.6 Å². The number of carbonyl (C=O) groups excluding carboxylic acids is 1. The van der Waals surface area contributed by atoms with Crippen molar-refractivity contribution < 1.29 is 4.79 Å². The topological polar surface area (TPSA) is 81.2 Å². The van der Waals surface area contributed by atoms with E-state index in [4.69, 9.17) is 5.73 Å². The van der Waals surface area contributed by atoms with Crippen molar-refractivity contribution >= 4 is 18.3 Å². The molecule has 1 aromatic carbocycles. The van der Waals surface area contributed by atoms with Crippen molar-refractivity contribution in [3.8, 4) is 5.69 Å². The molecule has 1 aromatic heterocycles. The van der Waals surface area contributed by atoms with Crippen molar-refractivity contribution in [2.45, 2.75) is 32.7 Å². The van der Waals surface area contributed by atoms with Gasteiger partial charge in [-0.3, -0.25) is 9.59 Å². The zero-order valence-electron chi connectivity index (χ0n) is 15.1. The van der Waals surface area contributed by atoms with Gasteiger partial charge in [0, 0.05) is 30.9 Å². The van der Waals surface area contributed by atoms with Gasteiger partial charge in [-0.15, -0.1) is 12.4 Å². The second-order valence-corrected chi connectivity index (χ2v) is 6.73. The molecule has 1 unspecified atom stereocenters. The lowest BCUT2D eigenvalue weighted by Gasteiger charge is -2.33. The van der Waals surface area contributed by atoms with Crippen LogP contribution in [-0.2, 0) is 0 Å². The molecule has 0 radical (unpaired) electrons. The Morgan fingerprint density at radius 3 is 2.42 bits per heavy atom. The number of hydrogen-bond acceptors (Lipinski definition) is 4. The van der Waals surface area contributed by atoms with E-state index < -0.39 is 0 Å². The molecule has 2 aromatic rings. The second kappa shape index (κ2) is 8.47. The quantitative estimate of drug-likeness (QED) is 0.890. The maximum absolute atomic E-state index is 12.8. The van der Waals surface area contributed by atoms with Crippen LogP contribution in [0.3, 0.4) is 0 Å². The summed E-state index contributed by atoms with van der Waals surface area (Å²) >= 11 is 0. The molecule has 6 nitrogen and oxygen atoms in total. The maximum Gasteiger partial charge on any atom is 0.278 e. The molecular weight excluding hydrogens is 352 g/mol. The standard InChI is InChI=1S/C19H24N4O2.ClH/c1-13-12-17(24)18(21-23(13)16-6-4-3-5-7-16)19(25)22-10-8-15(9-11-22)14(2)20;/h3-7,12,14-15H,8-11,20H2,1-2H3;1H. The number of likely N-dealkylation sites (tertiary alicyclic amines) is 1. The van der Waals surface area contributed by atoms with Crippen molar-refractivity contribution in [2.24, 2.45) is 11.7 Å². The van der Waals surface area contributed by atoms with E-state index in [9.17, 15) is 9.59 Å². The smallest absolute Gasteiger partial charge is 0.278 e. The Labute approximate surface area is 159 Å². The molecule has 1 aliphatic rings. The van der Waals surface area contributed by atoms with E-state index in [-0.39, 0.29) is 35.5 Å². The number of para-hydroxylation sites is 1. The summed E-state index contributed by atoms with van der Waals surface area (Å²) in [5, 5.41) is 4.36. The third-order valence-electron chi connectivity index (χ3n) is 4.88. The summed E-state index contributed by atoms with van der Waals surface area (Å²) in [7, 11) is 0. The highest BCUT2D eigenvalue weighted by molar-refractivity contribution is 5.92. The number of rotatable bonds is 3. The zero-order valence-corrected chi connectivity index (χ0v) is 15.9. The van der Waals surface area contributed by atoms with Crippen LogP contribution in [0.1, 0.15) is 35.9 Å². The molecule has 2 N–H and O–H groups in total. The van der Waals surface area contributed by atoms with Gasteiger partial charge in [-0.1, -0.05) is 18.2 Å². The molecule has 26 heavy (non-hydrogen) atoms. The lowest BCUT2D eigenvalue weighted by Crippen LogP contribution is -2.44. The summed E-state index contributed by atoms with van der Waals surface area (Å²) in [6, 6.07) is 11.1. The number of amides is 1. The fourth-order valence-corrected chi connectivity index (χ4v) is 3.30. The average Bonchev–Trinajstić information content (AvgIpc) is 2.62. The Morgan fingerprint density at radius 2 is 1.85 bits per heavy atom. The predicted octanol–water partition coefficient (Wildman–Crippen LogP) is 2.16. The summed E-state index contributed by atoms with van der Waals surface area (Å²) in [5.74, 6) is 0.133. The molecule has 0 saturated carbocycles. The molecule has 1 saturated heterocycles. The van der Waals surface area contributed by atoms with Gasteiger partial charge in [0.25, 0.3) is 5.91 Å². The number of carbonyl (C=O) groups is 1. The molecule has 7 heteroatoms.